The van der Waals surface area contributed by atoms with E-state index in [9.17, 15) is 0 Å². The molecule has 0 saturated heterocycles. The standard InChI is InChI=1S/C11H12ClN5O/c1-7(15-18)9-3-4-11(12)10(5-9)6-17-14-8(2)13-16-17/h3-5,18H,6H2,1-2H3. The fraction of sp³-hybridized carbons (Fsp3) is 0.273. The highest BCUT2D eigenvalue weighted by atomic mass is 35.5. The lowest BCUT2D eigenvalue weighted by molar-refractivity contribution is 0.319. The van der Waals surface area contributed by atoms with E-state index < -0.39 is 0 Å². The van der Waals surface area contributed by atoms with E-state index in [1.807, 2.05) is 6.07 Å². The second-order valence-corrected chi connectivity index (χ2v) is 4.27. The number of hydrogen-bond donors (Lipinski definition) is 1. The summed E-state index contributed by atoms with van der Waals surface area (Å²) in [5, 5.41) is 24.3. The molecule has 0 amide bonds. The molecule has 0 aliphatic rings. The number of benzene rings is 1. The smallest absolute Gasteiger partial charge is 0.171 e. The molecule has 1 aromatic heterocycles. The van der Waals surface area contributed by atoms with Gasteiger partial charge in [-0.1, -0.05) is 22.8 Å². The van der Waals surface area contributed by atoms with Gasteiger partial charge in [0.15, 0.2) is 5.82 Å². The molecule has 18 heavy (non-hydrogen) atoms. The van der Waals surface area contributed by atoms with Crippen molar-refractivity contribution in [3.8, 4) is 0 Å². The summed E-state index contributed by atoms with van der Waals surface area (Å²) in [5.74, 6) is 0.607. The third-order valence-corrected chi connectivity index (χ3v) is 2.85. The third-order valence-electron chi connectivity index (χ3n) is 2.48. The molecule has 0 unspecified atom stereocenters. The maximum Gasteiger partial charge on any atom is 0.171 e. The van der Waals surface area contributed by atoms with Crippen LogP contribution >= 0.6 is 11.6 Å². The maximum absolute atomic E-state index is 8.76. The average Bonchev–Trinajstić information content (AvgIpc) is 2.76. The highest BCUT2D eigenvalue weighted by molar-refractivity contribution is 6.31. The lowest BCUT2D eigenvalue weighted by atomic mass is 10.1. The topological polar surface area (TPSA) is 76.2 Å². The van der Waals surface area contributed by atoms with Crippen LogP contribution in [0.15, 0.2) is 23.4 Å². The highest BCUT2D eigenvalue weighted by Gasteiger charge is 2.07. The number of rotatable bonds is 3. The van der Waals surface area contributed by atoms with Gasteiger partial charge in [-0.15, -0.1) is 10.2 Å². The number of oxime groups is 1. The Morgan fingerprint density at radius 1 is 1.50 bits per heavy atom. The third kappa shape index (κ3) is 2.65. The van der Waals surface area contributed by atoms with Gasteiger partial charge < -0.3 is 5.21 Å². The van der Waals surface area contributed by atoms with Gasteiger partial charge >= 0.3 is 0 Å². The lowest BCUT2D eigenvalue weighted by Gasteiger charge is -2.06. The zero-order chi connectivity index (χ0) is 13.1. The fourth-order valence-electron chi connectivity index (χ4n) is 1.52. The predicted octanol–water partition coefficient (Wildman–Crippen LogP) is 1.88. The summed E-state index contributed by atoms with van der Waals surface area (Å²) >= 11 is 6.11. The van der Waals surface area contributed by atoms with Crippen molar-refractivity contribution in [2.45, 2.75) is 20.4 Å². The molecule has 94 valence electrons. The average molecular weight is 266 g/mol. The molecular weight excluding hydrogens is 254 g/mol. The summed E-state index contributed by atoms with van der Waals surface area (Å²) in [4.78, 5) is 1.46. The molecule has 2 aromatic rings. The SMILES string of the molecule is CC(=NO)c1ccc(Cl)c(Cn2nnc(C)n2)c1. The second-order valence-electron chi connectivity index (χ2n) is 3.86. The molecule has 1 N–H and O–H groups in total. The molecule has 0 saturated carbocycles. The molecule has 1 heterocycles. The molecular formula is C11H12ClN5O. The molecule has 0 bridgehead atoms. The van der Waals surface area contributed by atoms with E-state index >= 15 is 0 Å². The van der Waals surface area contributed by atoms with E-state index in [2.05, 4.69) is 20.6 Å². The van der Waals surface area contributed by atoms with Crippen molar-refractivity contribution in [2.75, 3.05) is 0 Å². The van der Waals surface area contributed by atoms with Crippen LogP contribution in [0.1, 0.15) is 23.9 Å². The Morgan fingerprint density at radius 2 is 2.28 bits per heavy atom. The van der Waals surface area contributed by atoms with Crippen molar-refractivity contribution in [3.63, 3.8) is 0 Å². The van der Waals surface area contributed by atoms with Crippen LogP contribution in [0.3, 0.4) is 0 Å². The zero-order valence-corrected chi connectivity index (χ0v) is 10.8. The molecule has 0 aliphatic heterocycles. The quantitative estimate of drug-likeness (QED) is 0.522. The van der Waals surface area contributed by atoms with E-state index in [-0.39, 0.29) is 0 Å². The van der Waals surface area contributed by atoms with Crippen LogP contribution in [-0.2, 0) is 6.54 Å². The highest BCUT2D eigenvalue weighted by Crippen LogP contribution is 2.19. The van der Waals surface area contributed by atoms with Gasteiger partial charge in [-0.3, -0.25) is 0 Å². The van der Waals surface area contributed by atoms with E-state index in [4.69, 9.17) is 16.8 Å². The number of aryl methyl sites for hydroxylation is 1. The molecule has 0 fully saturated rings. The first kappa shape index (κ1) is 12.5. The van der Waals surface area contributed by atoms with Crippen LogP contribution < -0.4 is 0 Å². The van der Waals surface area contributed by atoms with E-state index in [0.29, 0.717) is 23.1 Å². The monoisotopic (exact) mass is 265 g/mol. The molecule has 0 aliphatic carbocycles. The Kier molecular flexibility index (Phi) is 3.57. The summed E-state index contributed by atoms with van der Waals surface area (Å²) in [5.41, 5.74) is 2.17. The van der Waals surface area contributed by atoms with Gasteiger partial charge in [0.25, 0.3) is 0 Å². The van der Waals surface area contributed by atoms with E-state index in [1.54, 1.807) is 26.0 Å². The fourth-order valence-corrected chi connectivity index (χ4v) is 1.70. The van der Waals surface area contributed by atoms with Crippen molar-refractivity contribution in [3.05, 3.63) is 40.2 Å². The van der Waals surface area contributed by atoms with Gasteiger partial charge in [0.2, 0.25) is 0 Å². The van der Waals surface area contributed by atoms with Crippen LogP contribution in [0.2, 0.25) is 5.02 Å². The van der Waals surface area contributed by atoms with Crippen molar-refractivity contribution in [1.29, 1.82) is 0 Å². The number of tetrazole rings is 1. The van der Waals surface area contributed by atoms with Crippen molar-refractivity contribution in [1.82, 2.24) is 20.2 Å². The molecule has 0 spiro atoms. The lowest BCUT2D eigenvalue weighted by Crippen LogP contribution is -2.06. The van der Waals surface area contributed by atoms with Crippen LogP contribution in [0.25, 0.3) is 0 Å². The summed E-state index contributed by atoms with van der Waals surface area (Å²) < 4.78 is 0. The van der Waals surface area contributed by atoms with E-state index in [1.165, 1.54) is 4.80 Å². The minimum Gasteiger partial charge on any atom is -0.411 e. The van der Waals surface area contributed by atoms with Crippen molar-refractivity contribution in [2.24, 2.45) is 5.16 Å². The van der Waals surface area contributed by atoms with Gasteiger partial charge in [0, 0.05) is 5.02 Å². The number of aromatic nitrogens is 4. The normalized spacial score (nSPS) is 11.8. The minimum atomic E-state index is 0.423. The van der Waals surface area contributed by atoms with Gasteiger partial charge in [-0.25, -0.2) is 0 Å². The second kappa shape index (κ2) is 5.14. The van der Waals surface area contributed by atoms with Crippen molar-refractivity contribution >= 4 is 17.3 Å². The Balaban J connectivity index is 2.32. The number of hydrogen-bond acceptors (Lipinski definition) is 5. The predicted molar refractivity (Wildman–Crippen MR) is 67.1 cm³/mol. The summed E-state index contributed by atoms with van der Waals surface area (Å²) in [6, 6.07) is 5.39. The van der Waals surface area contributed by atoms with Gasteiger partial charge in [-0.05, 0) is 42.3 Å². The van der Waals surface area contributed by atoms with Gasteiger partial charge in [0.1, 0.15) is 0 Å². The van der Waals surface area contributed by atoms with Crippen LogP contribution in [-0.4, -0.2) is 31.1 Å². The Morgan fingerprint density at radius 3 is 2.89 bits per heavy atom. The first-order chi connectivity index (χ1) is 8.60. The van der Waals surface area contributed by atoms with Crippen LogP contribution in [0.5, 0.6) is 0 Å². The maximum atomic E-state index is 8.76. The minimum absolute atomic E-state index is 0.423. The molecule has 1 aromatic carbocycles. The van der Waals surface area contributed by atoms with Gasteiger partial charge in [-0.2, -0.15) is 4.80 Å². The van der Waals surface area contributed by atoms with Crippen LogP contribution in [0, 0.1) is 6.92 Å². The molecule has 6 nitrogen and oxygen atoms in total. The van der Waals surface area contributed by atoms with Gasteiger partial charge in [0.05, 0.1) is 12.3 Å². The molecule has 2 rings (SSSR count). The molecule has 7 heteroatoms. The van der Waals surface area contributed by atoms with E-state index in [0.717, 1.165) is 11.1 Å². The zero-order valence-electron chi connectivity index (χ0n) is 10.0. The van der Waals surface area contributed by atoms with Crippen LogP contribution in [0.4, 0.5) is 0 Å². The number of nitrogens with zero attached hydrogens (tertiary/aromatic N) is 5. The molecule has 0 radical (unpaired) electrons. The Hall–Kier alpha value is -1.95. The first-order valence-electron chi connectivity index (χ1n) is 5.32. The first-order valence-corrected chi connectivity index (χ1v) is 5.70. The Bertz CT molecular complexity index is 593. The summed E-state index contributed by atoms with van der Waals surface area (Å²) in [7, 11) is 0. The number of halogens is 1. The summed E-state index contributed by atoms with van der Waals surface area (Å²) in [6.45, 7) is 3.90. The van der Waals surface area contributed by atoms with Crippen molar-refractivity contribution < 1.29 is 5.21 Å². The Labute approximate surface area is 109 Å². The largest absolute Gasteiger partial charge is 0.411 e. The molecule has 0 atom stereocenters. The summed E-state index contributed by atoms with van der Waals surface area (Å²) in [6.07, 6.45) is 0.